The number of rotatable bonds is 3. The van der Waals surface area contributed by atoms with Crippen LogP contribution in [0.25, 0.3) is 0 Å². The molecule has 4 heteroatoms. The van der Waals surface area contributed by atoms with Crippen LogP contribution in [0.1, 0.15) is 18.4 Å². The van der Waals surface area contributed by atoms with E-state index in [1.165, 1.54) is 0 Å². The number of amides is 1. The molecule has 82 valence electrons. The van der Waals surface area contributed by atoms with Gasteiger partial charge in [0.1, 0.15) is 0 Å². The predicted molar refractivity (Wildman–Crippen MR) is 60.8 cm³/mol. The van der Waals surface area contributed by atoms with Crippen molar-refractivity contribution in [2.24, 2.45) is 0 Å². The van der Waals surface area contributed by atoms with Crippen LogP contribution in [-0.2, 0) is 4.79 Å². The highest BCUT2D eigenvalue weighted by atomic mass is 16.1. The molecule has 2 rings (SSSR count). The van der Waals surface area contributed by atoms with Gasteiger partial charge in [0.2, 0.25) is 5.91 Å². The Balaban J connectivity index is 1.85. The zero-order chi connectivity index (χ0) is 11.4. The first kappa shape index (κ1) is 10.5. The smallest absolute Gasteiger partial charge is 0.220 e. The number of carbonyl (C=O) groups is 1. The minimum absolute atomic E-state index is 0.131. The summed E-state index contributed by atoms with van der Waals surface area (Å²) in [5.41, 5.74) is 1.62. The molecule has 1 aromatic rings. The molecule has 0 aliphatic carbocycles. The van der Waals surface area contributed by atoms with Gasteiger partial charge in [0.05, 0.1) is 11.6 Å². The van der Waals surface area contributed by atoms with Crippen LogP contribution >= 0.6 is 0 Å². The van der Waals surface area contributed by atoms with Gasteiger partial charge < -0.3 is 10.6 Å². The van der Waals surface area contributed by atoms with Crippen molar-refractivity contribution in [1.29, 1.82) is 5.26 Å². The summed E-state index contributed by atoms with van der Waals surface area (Å²) in [6, 6.07) is 9.59. The fourth-order valence-electron chi connectivity index (χ4n) is 1.73. The topological polar surface area (TPSA) is 64.9 Å². The summed E-state index contributed by atoms with van der Waals surface area (Å²) < 4.78 is 0. The number of hydrogen-bond donors (Lipinski definition) is 2. The van der Waals surface area contributed by atoms with Gasteiger partial charge in [-0.2, -0.15) is 5.26 Å². The molecule has 1 saturated heterocycles. The molecule has 2 N–H and O–H groups in total. The average molecular weight is 215 g/mol. The van der Waals surface area contributed by atoms with Crippen molar-refractivity contribution >= 4 is 11.6 Å². The number of nitrogens with one attached hydrogen (secondary N) is 2. The molecule has 0 spiro atoms. The molecule has 4 nitrogen and oxygen atoms in total. The summed E-state index contributed by atoms with van der Waals surface area (Å²) in [5, 5.41) is 14.8. The SMILES string of the molecule is N#Cc1ccc(NCC2CCC(=O)N2)cc1. The van der Waals surface area contributed by atoms with Gasteiger partial charge in [0.15, 0.2) is 0 Å². The summed E-state index contributed by atoms with van der Waals surface area (Å²) in [7, 11) is 0. The van der Waals surface area contributed by atoms with Crippen LogP contribution in [0.2, 0.25) is 0 Å². The second-order valence-corrected chi connectivity index (χ2v) is 3.87. The lowest BCUT2D eigenvalue weighted by Crippen LogP contribution is -2.31. The Bertz CT molecular complexity index is 419. The standard InChI is InChI=1S/C12H13N3O/c13-7-9-1-3-10(4-2-9)14-8-11-5-6-12(16)15-11/h1-4,11,14H,5-6,8H2,(H,15,16). The first-order valence-corrected chi connectivity index (χ1v) is 5.31. The molecule has 1 aliphatic heterocycles. The van der Waals surface area contributed by atoms with Gasteiger partial charge in [0.25, 0.3) is 0 Å². The van der Waals surface area contributed by atoms with Crippen molar-refractivity contribution < 1.29 is 4.79 Å². The van der Waals surface area contributed by atoms with E-state index in [1.807, 2.05) is 12.1 Å². The van der Waals surface area contributed by atoms with E-state index >= 15 is 0 Å². The van der Waals surface area contributed by atoms with Gasteiger partial charge in [-0.05, 0) is 30.7 Å². The fourth-order valence-corrected chi connectivity index (χ4v) is 1.73. The van der Waals surface area contributed by atoms with Gasteiger partial charge in [-0.1, -0.05) is 0 Å². The van der Waals surface area contributed by atoms with Crippen LogP contribution in [0.15, 0.2) is 24.3 Å². The average Bonchev–Trinajstić information content (AvgIpc) is 2.73. The molecule has 1 fully saturated rings. The number of benzene rings is 1. The van der Waals surface area contributed by atoms with Gasteiger partial charge in [-0.25, -0.2) is 0 Å². The molecule has 0 saturated carbocycles. The minimum atomic E-state index is 0.131. The third kappa shape index (κ3) is 2.51. The number of hydrogen-bond acceptors (Lipinski definition) is 3. The Morgan fingerprint density at radius 2 is 2.19 bits per heavy atom. The van der Waals surface area contributed by atoms with E-state index in [-0.39, 0.29) is 11.9 Å². The number of nitrogens with zero attached hydrogens (tertiary/aromatic N) is 1. The molecule has 0 radical (unpaired) electrons. The predicted octanol–water partition coefficient (Wildman–Crippen LogP) is 1.25. The normalized spacial score (nSPS) is 18.9. The Kier molecular flexibility index (Phi) is 3.06. The maximum absolute atomic E-state index is 11.0. The largest absolute Gasteiger partial charge is 0.383 e. The van der Waals surface area contributed by atoms with E-state index in [4.69, 9.17) is 5.26 Å². The Labute approximate surface area is 94.3 Å². The van der Waals surface area contributed by atoms with Crippen molar-refractivity contribution in [2.75, 3.05) is 11.9 Å². The van der Waals surface area contributed by atoms with Gasteiger partial charge >= 0.3 is 0 Å². The van der Waals surface area contributed by atoms with Crippen molar-refractivity contribution in [2.45, 2.75) is 18.9 Å². The zero-order valence-electron chi connectivity index (χ0n) is 8.86. The van der Waals surface area contributed by atoms with E-state index in [0.717, 1.165) is 18.7 Å². The molecular formula is C12H13N3O. The summed E-state index contributed by atoms with van der Waals surface area (Å²) in [6.07, 6.45) is 1.52. The number of nitriles is 1. The van der Waals surface area contributed by atoms with Crippen LogP contribution in [0.3, 0.4) is 0 Å². The van der Waals surface area contributed by atoms with Crippen LogP contribution in [-0.4, -0.2) is 18.5 Å². The number of anilines is 1. The quantitative estimate of drug-likeness (QED) is 0.797. The van der Waals surface area contributed by atoms with Crippen LogP contribution in [0, 0.1) is 11.3 Å². The molecular weight excluding hydrogens is 202 g/mol. The lowest BCUT2D eigenvalue weighted by Gasteiger charge is -2.12. The summed E-state index contributed by atoms with van der Waals surface area (Å²) >= 11 is 0. The van der Waals surface area contributed by atoms with E-state index in [0.29, 0.717) is 12.0 Å². The number of carbonyl (C=O) groups excluding carboxylic acids is 1. The summed E-state index contributed by atoms with van der Waals surface area (Å²) in [6.45, 7) is 0.734. The van der Waals surface area contributed by atoms with Gasteiger partial charge in [-0.15, -0.1) is 0 Å². The molecule has 0 bridgehead atoms. The van der Waals surface area contributed by atoms with Gasteiger partial charge in [-0.3, -0.25) is 4.79 Å². The van der Waals surface area contributed by atoms with Crippen molar-refractivity contribution in [1.82, 2.24) is 5.32 Å². The van der Waals surface area contributed by atoms with E-state index in [9.17, 15) is 4.79 Å². The zero-order valence-corrected chi connectivity index (χ0v) is 8.86. The maximum atomic E-state index is 11.0. The second kappa shape index (κ2) is 4.67. The van der Waals surface area contributed by atoms with Crippen molar-refractivity contribution in [3.05, 3.63) is 29.8 Å². The highest BCUT2D eigenvalue weighted by molar-refractivity contribution is 5.78. The monoisotopic (exact) mass is 215 g/mol. The molecule has 1 heterocycles. The molecule has 1 aromatic carbocycles. The lowest BCUT2D eigenvalue weighted by atomic mass is 10.2. The minimum Gasteiger partial charge on any atom is -0.383 e. The van der Waals surface area contributed by atoms with Crippen LogP contribution in [0.5, 0.6) is 0 Å². The third-order valence-corrected chi connectivity index (χ3v) is 2.65. The summed E-state index contributed by atoms with van der Waals surface area (Å²) in [4.78, 5) is 11.0. The highest BCUT2D eigenvalue weighted by Gasteiger charge is 2.19. The van der Waals surface area contributed by atoms with E-state index in [2.05, 4.69) is 16.7 Å². The van der Waals surface area contributed by atoms with E-state index in [1.54, 1.807) is 12.1 Å². The molecule has 16 heavy (non-hydrogen) atoms. The Morgan fingerprint density at radius 1 is 1.44 bits per heavy atom. The van der Waals surface area contributed by atoms with Crippen LogP contribution < -0.4 is 10.6 Å². The van der Waals surface area contributed by atoms with E-state index < -0.39 is 0 Å². The highest BCUT2D eigenvalue weighted by Crippen LogP contribution is 2.11. The first-order chi connectivity index (χ1) is 7.78. The van der Waals surface area contributed by atoms with Crippen LogP contribution in [0.4, 0.5) is 5.69 Å². The molecule has 1 unspecified atom stereocenters. The van der Waals surface area contributed by atoms with Gasteiger partial charge in [0, 0.05) is 24.7 Å². The molecule has 1 amide bonds. The van der Waals surface area contributed by atoms with Crippen molar-refractivity contribution in [3.63, 3.8) is 0 Å². The summed E-state index contributed by atoms with van der Waals surface area (Å²) in [5.74, 6) is 0.131. The maximum Gasteiger partial charge on any atom is 0.220 e. The fraction of sp³-hybridized carbons (Fsp3) is 0.333. The molecule has 1 aliphatic rings. The first-order valence-electron chi connectivity index (χ1n) is 5.31. The molecule has 1 atom stereocenters. The van der Waals surface area contributed by atoms with Crippen molar-refractivity contribution in [3.8, 4) is 6.07 Å². The second-order valence-electron chi connectivity index (χ2n) is 3.87. The molecule has 0 aromatic heterocycles. The third-order valence-electron chi connectivity index (χ3n) is 2.65. The lowest BCUT2D eigenvalue weighted by molar-refractivity contribution is -0.119. The Hall–Kier alpha value is -2.02. The Morgan fingerprint density at radius 3 is 2.75 bits per heavy atom.